The van der Waals surface area contributed by atoms with Crippen LogP contribution in [0.5, 0.6) is 0 Å². The Bertz CT molecular complexity index is 1210. The molecule has 0 saturated carbocycles. The summed E-state index contributed by atoms with van der Waals surface area (Å²) in [6.45, 7) is 2.41. The fourth-order valence-corrected chi connectivity index (χ4v) is 3.60. The van der Waals surface area contributed by atoms with E-state index >= 15 is 0 Å². The van der Waals surface area contributed by atoms with Crippen molar-refractivity contribution < 1.29 is 9.59 Å². The van der Waals surface area contributed by atoms with E-state index < -0.39 is 5.91 Å². The van der Waals surface area contributed by atoms with Gasteiger partial charge < -0.3 is 10.6 Å². The number of amides is 2. The highest BCUT2D eigenvalue weighted by Gasteiger charge is 2.17. The molecule has 2 aromatic heterocycles. The summed E-state index contributed by atoms with van der Waals surface area (Å²) in [5, 5.41) is 7.87. The second kappa shape index (κ2) is 9.27. The molecular weight excluding hydrogens is 410 g/mol. The van der Waals surface area contributed by atoms with Crippen LogP contribution in [-0.2, 0) is 6.54 Å². The van der Waals surface area contributed by atoms with Crippen molar-refractivity contribution >= 4 is 28.8 Å². The number of aryl methyl sites for hydroxylation is 1. The molecule has 0 atom stereocenters. The average Bonchev–Trinajstić information content (AvgIpc) is 3.30. The standard InChI is InChI=1S/C23H19N5O2S/c1-15-7-9-16(10-8-15)13-26-21(29)17-5-2-3-6-18(17)27-22(30)19-14-31-23(28-19)20-24-11-4-12-25-20/h2-12,14H,13H2,1H3,(H,26,29)(H,27,30). The number of carbonyl (C=O) groups is 2. The van der Waals surface area contributed by atoms with Crippen LogP contribution in [0.4, 0.5) is 5.69 Å². The van der Waals surface area contributed by atoms with Gasteiger partial charge in [0.05, 0.1) is 11.3 Å². The number of para-hydroxylation sites is 1. The SMILES string of the molecule is Cc1ccc(CNC(=O)c2ccccc2NC(=O)c2csc(-c3ncccn3)n2)cc1. The number of hydrogen-bond donors (Lipinski definition) is 2. The first kappa shape index (κ1) is 20.4. The molecule has 0 unspecified atom stereocenters. The lowest BCUT2D eigenvalue weighted by atomic mass is 10.1. The van der Waals surface area contributed by atoms with Crippen molar-refractivity contribution in [1.29, 1.82) is 0 Å². The van der Waals surface area contributed by atoms with E-state index in [9.17, 15) is 9.59 Å². The molecule has 0 aliphatic carbocycles. The van der Waals surface area contributed by atoms with Crippen molar-refractivity contribution in [1.82, 2.24) is 20.3 Å². The van der Waals surface area contributed by atoms with E-state index in [0.717, 1.165) is 11.1 Å². The number of nitrogens with one attached hydrogen (secondary N) is 2. The Labute approximate surface area is 183 Å². The van der Waals surface area contributed by atoms with Gasteiger partial charge in [-0.15, -0.1) is 11.3 Å². The number of nitrogens with zero attached hydrogens (tertiary/aromatic N) is 3. The first-order chi connectivity index (χ1) is 15.1. The second-order valence-electron chi connectivity index (χ2n) is 6.78. The molecule has 0 spiro atoms. The van der Waals surface area contributed by atoms with Gasteiger partial charge in [-0.2, -0.15) is 0 Å². The zero-order valence-electron chi connectivity index (χ0n) is 16.7. The molecule has 0 radical (unpaired) electrons. The van der Waals surface area contributed by atoms with Gasteiger partial charge in [-0.05, 0) is 30.7 Å². The van der Waals surface area contributed by atoms with Crippen LogP contribution >= 0.6 is 11.3 Å². The highest BCUT2D eigenvalue weighted by Crippen LogP contribution is 2.21. The number of anilines is 1. The van der Waals surface area contributed by atoms with E-state index in [4.69, 9.17) is 0 Å². The predicted molar refractivity (Wildman–Crippen MR) is 120 cm³/mol. The average molecular weight is 430 g/mol. The lowest BCUT2D eigenvalue weighted by Crippen LogP contribution is -2.25. The van der Waals surface area contributed by atoms with E-state index in [1.807, 2.05) is 31.2 Å². The maximum absolute atomic E-state index is 12.7. The molecular formula is C23H19N5O2S. The van der Waals surface area contributed by atoms with Crippen LogP contribution in [-0.4, -0.2) is 26.8 Å². The van der Waals surface area contributed by atoms with E-state index in [1.165, 1.54) is 11.3 Å². The maximum atomic E-state index is 12.7. The second-order valence-corrected chi connectivity index (χ2v) is 7.64. The highest BCUT2D eigenvalue weighted by molar-refractivity contribution is 7.13. The van der Waals surface area contributed by atoms with E-state index in [-0.39, 0.29) is 11.6 Å². The Morgan fingerprint density at radius 3 is 2.45 bits per heavy atom. The Balaban J connectivity index is 1.45. The summed E-state index contributed by atoms with van der Waals surface area (Å²) in [5.74, 6) is -0.215. The van der Waals surface area contributed by atoms with Gasteiger partial charge in [0.25, 0.3) is 11.8 Å². The van der Waals surface area contributed by atoms with E-state index in [1.54, 1.807) is 48.1 Å². The van der Waals surface area contributed by atoms with Gasteiger partial charge in [0.15, 0.2) is 10.8 Å². The Morgan fingerprint density at radius 1 is 0.935 bits per heavy atom. The molecule has 4 aromatic rings. The molecule has 2 heterocycles. The van der Waals surface area contributed by atoms with Gasteiger partial charge in [-0.25, -0.2) is 15.0 Å². The number of rotatable bonds is 6. The molecule has 2 N–H and O–H groups in total. The third-order valence-electron chi connectivity index (χ3n) is 4.49. The van der Waals surface area contributed by atoms with Gasteiger partial charge in [0.2, 0.25) is 0 Å². The molecule has 154 valence electrons. The normalized spacial score (nSPS) is 10.5. The van der Waals surface area contributed by atoms with Gasteiger partial charge in [0, 0.05) is 24.3 Å². The quantitative estimate of drug-likeness (QED) is 0.481. The summed E-state index contributed by atoms with van der Waals surface area (Å²) in [4.78, 5) is 38.0. The summed E-state index contributed by atoms with van der Waals surface area (Å²) < 4.78 is 0. The van der Waals surface area contributed by atoms with Crippen molar-refractivity contribution in [3.05, 3.63) is 94.8 Å². The largest absolute Gasteiger partial charge is 0.348 e. The third kappa shape index (κ3) is 4.99. The minimum atomic E-state index is -0.405. The van der Waals surface area contributed by atoms with Crippen LogP contribution in [0.25, 0.3) is 10.8 Å². The van der Waals surface area contributed by atoms with Crippen molar-refractivity contribution in [3.8, 4) is 10.8 Å². The molecule has 0 aliphatic rings. The zero-order chi connectivity index (χ0) is 21.6. The van der Waals surface area contributed by atoms with Crippen molar-refractivity contribution in [3.63, 3.8) is 0 Å². The summed E-state index contributed by atoms with van der Waals surface area (Å²) in [6.07, 6.45) is 3.24. The molecule has 8 heteroatoms. The van der Waals surface area contributed by atoms with Crippen LogP contribution in [0.2, 0.25) is 0 Å². The van der Waals surface area contributed by atoms with Gasteiger partial charge >= 0.3 is 0 Å². The molecule has 0 aliphatic heterocycles. The molecule has 2 aromatic carbocycles. The van der Waals surface area contributed by atoms with Crippen LogP contribution < -0.4 is 10.6 Å². The van der Waals surface area contributed by atoms with Crippen molar-refractivity contribution in [2.24, 2.45) is 0 Å². The Kier molecular flexibility index (Phi) is 6.09. The first-order valence-electron chi connectivity index (χ1n) is 9.57. The van der Waals surface area contributed by atoms with Crippen LogP contribution in [0, 0.1) is 6.92 Å². The zero-order valence-corrected chi connectivity index (χ0v) is 17.5. The first-order valence-corrected chi connectivity index (χ1v) is 10.4. The topological polar surface area (TPSA) is 96.9 Å². The van der Waals surface area contributed by atoms with E-state index in [0.29, 0.717) is 28.6 Å². The smallest absolute Gasteiger partial charge is 0.275 e. The third-order valence-corrected chi connectivity index (χ3v) is 5.33. The molecule has 0 bridgehead atoms. The summed E-state index contributed by atoms with van der Waals surface area (Å²) in [7, 11) is 0. The van der Waals surface area contributed by atoms with Gasteiger partial charge in [-0.3, -0.25) is 9.59 Å². The molecule has 31 heavy (non-hydrogen) atoms. The summed E-state index contributed by atoms with van der Waals surface area (Å²) >= 11 is 1.28. The lowest BCUT2D eigenvalue weighted by Gasteiger charge is -2.11. The molecule has 2 amide bonds. The monoisotopic (exact) mass is 429 g/mol. The number of hydrogen-bond acceptors (Lipinski definition) is 6. The van der Waals surface area contributed by atoms with Crippen molar-refractivity contribution in [2.75, 3.05) is 5.32 Å². The van der Waals surface area contributed by atoms with E-state index in [2.05, 4.69) is 25.6 Å². The Morgan fingerprint density at radius 2 is 1.68 bits per heavy atom. The minimum Gasteiger partial charge on any atom is -0.348 e. The number of benzene rings is 2. The Hall–Kier alpha value is -3.91. The van der Waals surface area contributed by atoms with Crippen LogP contribution in [0.3, 0.4) is 0 Å². The van der Waals surface area contributed by atoms with Crippen LogP contribution in [0.1, 0.15) is 32.0 Å². The maximum Gasteiger partial charge on any atom is 0.275 e. The molecule has 0 fully saturated rings. The number of thiazole rings is 1. The number of aromatic nitrogens is 3. The molecule has 7 nitrogen and oxygen atoms in total. The van der Waals surface area contributed by atoms with Crippen LogP contribution in [0.15, 0.2) is 72.4 Å². The van der Waals surface area contributed by atoms with Gasteiger partial charge in [0.1, 0.15) is 5.69 Å². The molecule has 4 rings (SSSR count). The number of carbonyl (C=O) groups excluding carboxylic acids is 2. The minimum absolute atomic E-state index is 0.238. The molecule has 0 saturated heterocycles. The summed E-state index contributed by atoms with van der Waals surface area (Å²) in [6, 6.07) is 16.5. The highest BCUT2D eigenvalue weighted by atomic mass is 32.1. The fourth-order valence-electron chi connectivity index (χ4n) is 2.85. The van der Waals surface area contributed by atoms with Crippen molar-refractivity contribution in [2.45, 2.75) is 13.5 Å². The fraction of sp³-hybridized carbons (Fsp3) is 0.0870. The summed E-state index contributed by atoms with van der Waals surface area (Å²) in [5.41, 5.74) is 3.19. The lowest BCUT2D eigenvalue weighted by molar-refractivity contribution is 0.0952. The predicted octanol–water partition coefficient (Wildman–Crippen LogP) is 4.09. The van der Waals surface area contributed by atoms with Gasteiger partial charge in [-0.1, -0.05) is 42.0 Å².